The maximum absolute atomic E-state index is 3.91. The quantitative estimate of drug-likeness (QED) is 0.593. The lowest BCUT2D eigenvalue weighted by Gasteiger charge is -1.96. The van der Waals surface area contributed by atoms with Crippen molar-refractivity contribution in [2.24, 2.45) is 0 Å². The Labute approximate surface area is 63.6 Å². The first-order chi connectivity index (χ1) is 5.47. The van der Waals surface area contributed by atoms with Gasteiger partial charge in [-0.15, -0.1) is 0 Å². The molecule has 0 aromatic carbocycles. The van der Waals surface area contributed by atoms with Crippen LogP contribution in [0.1, 0.15) is 0 Å². The standard InChI is InChI=1S/C7H6N4/c1-2-11(6-8-1)7-3-9-5-10-4-7/h1-6H. The molecule has 4 nitrogen and oxygen atoms in total. The number of rotatable bonds is 1. The Morgan fingerprint density at radius 3 is 2.55 bits per heavy atom. The van der Waals surface area contributed by atoms with Crippen molar-refractivity contribution in [2.75, 3.05) is 0 Å². The number of nitrogens with zero attached hydrogens (tertiary/aromatic N) is 4. The van der Waals surface area contributed by atoms with Gasteiger partial charge in [0.25, 0.3) is 0 Å². The summed E-state index contributed by atoms with van der Waals surface area (Å²) in [7, 11) is 0. The zero-order valence-corrected chi connectivity index (χ0v) is 5.75. The molecule has 0 saturated heterocycles. The van der Waals surface area contributed by atoms with Crippen molar-refractivity contribution in [2.45, 2.75) is 0 Å². The van der Waals surface area contributed by atoms with Crippen molar-refractivity contribution in [1.29, 1.82) is 0 Å². The zero-order chi connectivity index (χ0) is 7.52. The van der Waals surface area contributed by atoms with Crippen molar-refractivity contribution in [1.82, 2.24) is 19.5 Å². The molecule has 0 radical (unpaired) electrons. The lowest BCUT2D eigenvalue weighted by Crippen LogP contribution is -1.90. The van der Waals surface area contributed by atoms with E-state index in [1.165, 1.54) is 6.33 Å². The van der Waals surface area contributed by atoms with Crippen LogP contribution in [-0.4, -0.2) is 19.5 Å². The molecule has 54 valence electrons. The van der Waals surface area contributed by atoms with Crippen molar-refractivity contribution in [3.63, 3.8) is 0 Å². The second-order valence-corrected chi connectivity index (χ2v) is 2.07. The van der Waals surface area contributed by atoms with Crippen molar-refractivity contribution >= 4 is 0 Å². The summed E-state index contributed by atoms with van der Waals surface area (Å²) >= 11 is 0. The van der Waals surface area contributed by atoms with Crippen LogP contribution in [0.3, 0.4) is 0 Å². The smallest absolute Gasteiger partial charge is 0.115 e. The summed E-state index contributed by atoms with van der Waals surface area (Å²) in [6, 6.07) is 0. The molecule has 0 fully saturated rings. The SMILES string of the molecule is c1cn(-c2cncnc2)cn1. The van der Waals surface area contributed by atoms with Crippen LogP contribution in [0.4, 0.5) is 0 Å². The van der Waals surface area contributed by atoms with Gasteiger partial charge in [0.1, 0.15) is 6.33 Å². The van der Waals surface area contributed by atoms with E-state index in [-0.39, 0.29) is 0 Å². The molecule has 0 atom stereocenters. The fourth-order valence-corrected chi connectivity index (χ4v) is 0.836. The van der Waals surface area contributed by atoms with E-state index in [2.05, 4.69) is 15.0 Å². The molecule has 2 aromatic heterocycles. The summed E-state index contributed by atoms with van der Waals surface area (Å²) in [6.45, 7) is 0. The maximum atomic E-state index is 3.91. The molecule has 2 heterocycles. The molecule has 0 aliphatic carbocycles. The van der Waals surface area contributed by atoms with Crippen LogP contribution < -0.4 is 0 Å². The molecule has 0 N–H and O–H groups in total. The predicted octanol–water partition coefficient (Wildman–Crippen LogP) is 0.662. The van der Waals surface area contributed by atoms with Crippen LogP contribution in [0.15, 0.2) is 37.4 Å². The van der Waals surface area contributed by atoms with E-state index in [0.29, 0.717) is 0 Å². The number of imidazole rings is 1. The van der Waals surface area contributed by atoms with Gasteiger partial charge in [-0.05, 0) is 0 Å². The molecular weight excluding hydrogens is 140 g/mol. The van der Waals surface area contributed by atoms with Crippen molar-refractivity contribution in [3.8, 4) is 5.69 Å². The van der Waals surface area contributed by atoms with E-state index in [9.17, 15) is 0 Å². The Balaban J connectivity index is 2.46. The molecule has 11 heavy (non-hydrogen) atoms. The van der Waals surface area contributed by atoms with E-state index >= 15 is 0 Å². The van der Waals surface area contributed by atoms with Crippen LogP contribution in [0.25, 0.3) is 5.69 Å². The summed E-state index contributed by atoms with van der Waals surface area (Å²) in [5.74, 6) is 0. The summed E-state index contributed by atoms with van der Waals surface area (Å²) in [5, 5.41) is 0. The normalized spacial score (nSPS) is 9.82. The van der Waals surface area contributed by atoms with Crippen LogP contribution in [-0.2, 0) is 0 Å². The molecular formula is C7H6N4. The highest BCUT2D eigenvalue weighted by molar-refractivity contribution is 5.23. The van der Waals surface area contributed by atoms with Crippen molar-refractivity contribution < 1.29 is 0 Å². The average molecular weight is 146 g/mol. The highest BCUT2D eigenvalue weighted by Crippen LogP contribution is 2.00. The number of hydrogen-bond acceptors (Lipinski definition) is 3. The first-order valence-electron chi connectivity index (χ1n) is 3.20. The zero-order valence-electron chi connectivity index (χ0n) is 5.75. The largest absolute Gasteiger partial charge is 0.303 e. The maximum Gasteiger partial charge on any atom is 0.115 e. The van der Waals surface area contributed by atoms with E-state index < -0.39 is 0 Å². The van der Waals surface area contributed by atoms with Crippen LogP contribution in [0.2, 0.25) is 0 Å². The lowest BCUT2D eigenvalue weighted by atomic mass is 10.5. The summed E-state index contributed by atoms with van der Waals surface area (Å²) < 4.78 is 1.85. The molecule has 0 unspecified atom stereocenters. The highest BCUT2D eigenvalue weighted by Gasteiger charge is 1.91. The molecule has 0 bridgehead atoms. The summed E-state index contributed by atoms with van der Waals surface area (Å²) in [6.07, 6.45) is 10.2. The minimum atomic E-state index is 0.921. The average Bonchev–Trinajstić information content (AvgIpc) is 2.58. The molecule has 0 aliphatic rings. The number of aromatic nitrogens is 4. The predicted molar refractivity (Wildman–Crippen MR) is 39.2 cm³/mol. The van der Waals surface area contributed by atoms with Gasteiger partial charge in [0.15, 0.2) is 0 Å². The highest BCUT2D eigenvalue weighted by atomic mass is 15.0. The first kappa shape index (κ1) is 6.03. The Hall–Kier alpha value is -1.71. The molecule has 2 rings (SSSR count). The second kappa shape index (κ2) is 2.49. The van der Waals surface area contributed by atoms with E-state index in [4.69, 9.17) is 0 Å². The Kier molecular flexibility index (Phi) is 1.37. The van der Waals surface area contributed by atoms with Gasteiger partial charge in [0, 0.05) is 12.4 Å². The third-order valence-corrected chi connectivity index (χ3v) is 1.35. The van der Waals surface area contributed by atoms with Crippen molar-refractivity contribution in [3.05, 3.63) is 37.4 Å². The van der Waals surface area contributed by atoms with Crippen LogP contribution in [0, 0.1) is 0 Å². The molecule has 0 saturated carbocycles. The van der Waals surface area contributed by atoms with Gasteiger partial charge in [0.05, 0.1) is 24.4 Å². The monoisotopic (exact) mass is 146 g/mol. The Bertz CT molecular complexity index is 313. The molecule has 0 spiro atoms. The van der Waals surface area contributed by atoms with Gasteiger partial charge in [-0.1, -0.05) is 0 Å². The minimum absolute atomic E-state index is 0.921. The topological polar surface area (TPSA) is 43.6 Å². The molecule has 2 aromatic rings. The fourth-order valence-electron chi connectivity index (χ4n) is 0.836. The van der Waals surface area contributed by atoms with Gasteiger partial charge in [0.2, 0.25) is 0 Å². The molecule has 4 heteroatoms. The molecule has 0 aliphatic heterocycles. The van der Waals surface area contributed by atoms with Gasteiger partial charge < -0.3 is 4.57 Å². The van der Waals surface area contributed by atoms with E-state index in [1.807, 2.05) is 10.8 Å². The third kappa shape index (κ3) is 1.10. The fraction of sp³-hybridized carbons (Fsp3) is 0. The second-order valence-electron chi connectivity index (χ2n) is 2.07. The number of hydrogen-bond donors (Lipinski definition) is 0. The molecule has 0 amide bonds. The van der Waals surface area contributed by atoms with E-state index in [1.54, 1.807) is 24.9 Å². The lowest BCUT2D eigenvalue weighted by molar-refractivity contribution is 1.01. The summed E-state index contributed by atoms with van der Waals surface area (Å²) in [4.78, 5) is 11.7. The summed E-state index contributed by atoms with van der Waals surface area (Å²) in [5.41, 5.74) is 0.921. The van der Waals surface area contributed by atoms with Crippen LogP contribution in [0.5, 0.6) is 0 Å². The van der Waals surface area contributed by atoms with Crippen LogP contribution >= 0.6 is 0 Å². The Morgan fingerprint density at radius 1 is 1.09 bits per heavy atom. The van der Waals surface area contributed by atoms with Gasteiger partial charge in [-0.25, -0.2) is 15.0 Å². The van der Waals surface area contributed by atoms with E-state index in [0.717, 1.165) is 5.69 Å². The minimum Gasteiger partial charge on any atom is -0.303 e. The van der Waals surface area contributed by atoms with Gasteiger partial charge in [-0.3, -0.25) is 0 Å². The third-order valence-electron chi connectivity index (χ3n) is 1.35. The Morgan fingerprint density at radius 2 is 1.91 bits per heavy atom. The van der Waals surface area contributed by atoms with Gasteiger partial charge in [-0.2, -0.15) is 0 Å². The van der Waals surface area contributed by atoms with Gasteiger partial charge >= 0.3 is 0 Å². The first-order valence-corrected chi connectivity index (χ1v) is 3.20.